The lowest BCUT2D eigenvalue weighted by molar-refractivity contribution is -0.131. The van der Waals surface area contributed by atoms with Crippen LogP contribution in [0.4, 0.5) is 0 Å². The average molecular weight is 424 g/mol. The quantitative estimate of drug-likeness (QED) is 0.593. The van der Waals surface area contributed by atoms with E-state index in [1.165, 1.54) is 11.8 Å². The number of benzene rings is 1. The smallest absolute Gasteiger partial charge is 0.233 e. The predicted octanol–water partition coefficient (Wildman–Crippen LogP) is 4.28. The molecule has 0 saturated heterocycles. The summed E-state index contributed by atoms with van der Waals surface area (Å²) in [5.74, 6) is 1.24. The number of amides is 1. The van der Waals surface area contributed by atoms with Gasteiger partial charge >= 0.3 is 0 Å². The van der Waals surface area contributed by atoms with Gasteiger partial charge in [0.25, 0.3) is 0 Å². The molecule has 1 aromatic heterocycles. The van der Waals surface area contributed by atoms with Gasteiger partial charge in [0.2, 0.25) is 5.91 Å². The van der Waals surface area contributed by atoms with Crippen LogP contribution in [0.1, 0.15) is 46.5 Å². The molecule has 0 aliphatic heterocycles. The van der Waals surface area contributed by atoms with Gasteiger partial charge in [-0.05, 0) is 73.0 Å². The molecule has 8 heteroatoms. The number of carbonyl (C=O) groups excluding carboxylic acids is 1. The van der Waals surface area contributed by atoms with Gasteiger partial charge in [-0.3, -0.25) is 14.3 Å². The van der Waals surface area contributed by atoms with Gasteiger partial charge in [-0.1, -0.05) is 23.4 Å². The van der Waals surface area contributed by atoms with E-state index in [4.69, 9.17) is 11.6 Å². The maximum Gasteiger partial charge on any atom is 0.233 e. The Bertz CT molecular complexity index is 780. The van der Waals surface area contributed by atoms with Crippen molar-refractivity contribution >= 4 is 29.3 Å². The third kappa shape index (κ3) is 5.27. The summed E-state index contributed by atoms with van der Waals surface area (Å²) in [5, 5.41) is 10.2. The molecule has 0 aliphatic carbocycles. The lowest BCUT2D eigenvalue weighted by atomic mass is 10.2. The van der Waals surface area contributed by atoms with Crippen LogP contribution in [0, 0.1) is 0 Å². The summed E-state index contributed by atoms with van der Waals surface area (Å²) >= 11 is 7.47. The molecule has 0 saturated carbocycles. The number of hydrogen-bond donors (Lipinski definition) is 0. The highest BCUT2D eigenvalue weighted by Crippen LogP contribution is 2.28. The van der Waals surface area contributed by atoms with E-state index in [2.05, 4.69) is 22.0 Å². The Morgan fingerprint density at radius 2 is 1.64 bits per heavy atom. The van der Waals surface area contributed by atoms with E-state index in [9.17, 15) is 4.79 Å². The van der Waals surface area contributed by atoms with Gasteiger partial charge in [-0.15, -0.1) is 10.2 Å². The number of hydrogen-bond acceptors (Lipinski definition) is 5. The summed E-state index contributed by atoms with van der Waals surface area (Å²) in [6.07, 6.45) is 0. The van der Waals surface area contributed by atoms with Gasteiger partial charge in [-0.2, -0.15) is 0 Å². The molecule has 2 aromatic rings. The molecule has 0 aliphatic rings. The first-order valence-electron chi connectivity index (χ1n) is 9.45. The molecule has 6 nitrogen and oxygen atoms in total. The summed E-state index contributed by atoms with van der Waals surface area (Å²) < 4.78 is 2.01. The molecule has 0 bridgehead atoms. The van der Waals surface area contributed by atoms with Crippen LogP contribution < -0.4 is 0 Å². The first-order valence-corrected chi connectivity index (χ1v) is 10.8. The minimum absolute atomic E-state index is 0.0658. The minimum atomic E-state index is 0.0658. The fourth-order valence-electron chi connectivity index (χ4n) is 3.08. The van der Waals surface area contributed by atoms with Gasteiger partial charge in [-0.25, -0.2) is 0 Å². The Kier molecular flexibility index (Phi) is 7.92. The Labute approximate surface area is 177 Å². The van der Waals surface area contributed by atoms with Gasteiger partial charge in [0.05, 0.1) is 11.8 Å². The number of thioether (sulfide) groups is 1. The Morgan fingerprint density at radius 1 is 1.07 bits per heavy atom. The third-order valence-corrected chi connectivity index (χ3v) is 5.78. The van der Waals surface area contributed by atoms with Gasteiger partial charge < -0.3 is 4.90 Å². The van der Waals surface area contributed by atoms with Crippen molar-refractivity contribution in [2.75, 3.05) is 19.8 Å². The lowest BCUT2D eigenvalue weighted by Crippen LogP contribution is -2.43. The highest BCUT2D eigenvalue weighted by molar-refractivity contribution is 7.99. The largest absolute Gasteiger partial charge is 0.337 e. The molecule has 154 valence electrons. The summed E-state index contributed by atoms with van der Waals surface area (Å²) in [6, 6.07) is 7.96. The highest BCUT2D eigenvalue weighted by Gasteiger charge is 2.24. The molecule has 1 amide bonds. The second-order valence-corrected chi connectivity index (χ2v) is 8.95. The van der Waals surface area contributed by atoms with E-state index < -0.39 is 0 Å². The van der Waals surface area contributed by atoms with E-state index >= 15 is 0 Å². The third-order valence-electron chi connectivity index (χ3n) is 4.62. The van der Waals surface area contributed by atoms with Crippen molar-refractivity contribution in [2.24, 2.45) is 0 Å². The number of halogens is 1. The topological polar surface area (TPSA) is 54.3 Å². The zero-order valence-corrected chi connectivity index (χ0v) is 19.3. The van der Waals surface area contributed by atoms with E-state index in [0.717, 1.165) is 11.5 Å². The standard InChI is InChI=1S/C20H30ClN5OS/c1-13(2)25(14(3)4)18(27)12-28-20-23-22-19(15(5)24(6)7)26(20)17-10-8-16(21)9-11-17/h8-11,13-15H,12H2,1-7H3/t15-/m1/s1. The van der Waals surface area contributed by atoms with Gasteiger partial charge in [0, 0.05) is 22.8 Å². The number of nitrogens with zero attached hydrogens (tertiary/aromatic N) is 5. The minimum Gasteiger partial charge on any atom is -0.337 e. The second-order valence-electron chi connectivity index (χ2n) is 7.57. The Balaban J connectivity index is 2.34. The number of aromatic nitrogens is 3. The maximum atomic E-state index is 12.8. The molecule has 1 heterocycles. The van der Waals surface area contributed by atoms with E-state index in [1.807, 2.05) is 75.5 Å². The molecule has 2 rings (SSSR count). The lowest BCUT2D eigenvalue weighted by Gasteiger charge is -2.30. The van der Waals surface area contributed by atoms with Crippen molar-refractivity contribution in [1.82, 2.24) is 24.6 Å². The fraction of sp³-hybridized carbons (Fsp3) is 0.550. The van der Waals surface area contributed by atoms with Crippen molar-refractivity contribution in [3.8, 4) is 5.69 Å². The molecule has 0 N–H and O–H groups in total. The summed E-state index contributed by atoms with van der Waals surface area (Å²) in [6.45, 7) is 10.2. The highest BCUT2D eigenvalue weighted by atomic mass is 35.5. The van der Waals surface area contributed by atoms with Crippen molar-refractivity contribution in [1.29, 1.82) is 0 Å². The SMILES string of the molecule is CC(C)N(C(=O)CSc1nnc([C@@H](C)N(C)C)n1-c1ccc(Cl)cc1)C(C)C. The zero-order chi connectivity index (χ0) is 21.0. The Hall–Kier alpha value is -1.57. The van der Waals surface area contributed by atoms with Crippen molar-refractivity contribution in [3.63, 3.8) is 0 Å². The van der Waals surface area contributed by atoms with Crippen molar-refractivity contribution in [2.45, 2.75) is 57.9 Å². The molecule has 0 unspecified atom stereocenters. The molecule has 0 spiro atoms. The summed E-state index contributed by atoms with van der Waals surface area (Å²) in [4.78, 5) is 16.7. The molecular weight excluding hydrogens is 394 g/mol. The molecule has 0 radical (unpaired) electrons. The van der Waals surface area contributed by atoms with Crippen LogP contribution in [0.5, 0.6) is 0 Å². The zero-order valence-electron chi connectivity index (χ0n) is 17.7. The first-order chi connectivity index (χ1) is 13.1. The van der Waals surface area contributed by atoms with E-state index in [0.29, 0.717) is 15.9 Å². The van der Waals surface area contributed by atoms with E-state index in [-0.39, 0.29) is 24.0 Å². The predicted molar refractivity (Wildman–Crippen MR) is 116 cm³/mol. The average Bonchev–Trinajstić information content (AvgIpc) is 3.03. The number of rotatable bonds is 8. The van der Waals surface area contributed by atoms with Crippen LogP contribution in [0.25, 0.3) is 5.69 Å². The van der Waals surface area contributed by atoms with Crippen LogP contribution in [-0.4, -0.2) is 62.4 Å². The van der Waals surface area contributed by atoms with Crippen LogP contribution >= 0.6 is 23.4 Å². The summed E-state index contributed by atoms with van der Waals surface area (Å²) in [7, 11) is 4.01. The van der Waals surface area contributed by atoms with Crippen LogP contribution in [-0.2, 0) is 4.79 Å². The molecule has 28 heavy (non-hydrogen) atoms. The van der Waals surface area contributed by atoms with Crippen LogP contribution in [0.3, 0.4) is 0 Å². The molecular formula is C20H30ClN5OS. The second kappa shape index (κ2) is 9.76. The van der Waals surface area contributed by atoms with Crippen molar-refractivity contribution < 1.29 is 4.79 Å². The van der Waals surface area contributed by atoms with Gasteiger partial charge in [0.15, 0.2) is 11.0 Å². The molecule has 0 fully saturated rings. The fourth-order valence-corrected chi connectivity index (χ4v) is 4.04. The monoisotopic (exact) mass is 423 g/mol. The van der Waals surface area contributed by atoms with Crippen LogP contribution in [0.15, 0.2) is 29.4 Å². The van der Waals surface area contributed by atoms with Crippen molar-refractivity contribution in [3.05, 3.63) is 35.1 Å². The van der Waals surface area contributed by atoms with Crippen LogP contribution in [0.2, 0.25) is 5.02 Å². The Morgan fingerprint density at radius 3 is 2.14 bits per heavy atom. The maximum absolute atomic E-state index is 12.8. The molecule has 1 atom stereocenters. The number of carbonyl (C=O) groups is 1. The van der Waals surface area contributed by atoms with Gasteiger partial charge in [0.1, 0.15) is 0 Å². The van der Waals surface area contributed by atoms with E-state index in [1.54, 1.807) is 0 Å². The molecule has 1 aromatic carbocycles. The summed E-state index contributed by atoms with van der Waals surface area (Å²) in [5.41, 5.74) is 0.928. The normalized spacial score (nSPS) is 12.8. The first kappa shape index (κ1) is 22.7.